The molecule has 0 aromatic carbocycles. The molecule has 1 aliphatic heterocycles. The van der Waals surface area contributed by atoms with Gasteiger partial charge >= 0.3 is 12.0 Å². The highest BCUT2D eigenvalue weighted by Gasteiger charge is 2.45. The number of carboxylic acid groups (broad SMARTS) is 1. The molecule has 1 heterocycles. The van der Waals surface area contributed by atoms with Crippen LogP contribution in [0.15, 0.2) is 0 Å². The lowest BCUT2D eigenvalue weighted by atomic mass is 10.00. The van der Waals surface area contributed by atoms with Crippen molar-refractivity contribution in [2.45, 2.75) is 31.7 Å². The molecule has 0 aliphatic carbocycles. The number of nitrogens with one attached hydrogen (secondary N) is 1. The SMILES string of the molecule is CC1(C(=O)O)CCCN1C(=O)NCCCS(C)(=O)=O. The van der Waals surface area contributed by atoms with Crippen LogP contribution < -0.4 is 5.32 Å². The van der Waals surface area contributed by atoms with Gasteiger partial charge in [0.2, 0.25) is 0 Å². The number of rotatable bonds is 5. The molecule has 2 amide bonds. The van der Waals surface area contributed by atoms with Crippen molar-refractivity contribution in [2.75, 3.05) is 25.1 Å². The summed E-state index contributed by atoms with van der Waals surface area (Å²) in [6.07, 6.45) is 2.54. The molecule has 19 heavy (non-hydrogen) atoms. The fraction of sp³-hybridized carbons (Fsp3) is 0.818. The standard InChI is InChI=1S/C11H20N2O5S/c1-11(9(14)15)5-3-7-13(11)10(16)12-6-4-8-19(2,17)18/h3-8H2,1-2H3,(H,12,16)(H,14,15). The van der Waals surface area contributed by atoms with Gasteiger partial charge in [-0.25, -0.2) is 18.0 Å². The van der Waals surface area contributed by atoms with Crippen LogP contribution in [0.2, 0.25) is 0 Å². The second-order valence-electron chi connectivity index (χ2n) is 5.05. The molecule has 0 aromatic rings. The van der Waals surface area contributed by atoms with E-state index in [0.717, 1.165) is 6.26 Å². The van der Waals surface area contributed by atoms with E-state index in [9.17, 15) is 18.0 Å². The minimum absolute atomic E-state index is 0.00345. The molecule has 1 atom stereocenters. The number of hydrogen-bond donors (Lipinski definition) is 2. The lowest BCUT2D eigenvalue weighted by Crippen LogP contribution is -2.54. The smallest absolute Gasteiger partial charge is 0.329 e. The summed E-state index contributed by atoms with van der Waals surface area (Å²) in [6, 6.07) is -0.448. The Bertz CT molecular complexity index is 462. The number of carboxylic acids is 1. The summed E-state index contributed by atoms with van der Waals surface area (Å²) < 4.78 is 21.8. The lowest BCUT2D eigenvalue weighted by Gasteiger charge is -2.31. The van der Waals surface area contributed by atoms with Crippen molar-refractivity contribution in [1.82, 2.24) is 10.2 Å². The molecule has 0 bridgehead atoms. The molecule has 1 unspecified atom stereocenters. The van der Waals surface area contributed by atoms with Crippen LogP contribution in [0.5, 0.6) is 0 Å². The van der Waals surface area contributed by atoms with Crippen molar-refractivity contribution in [3.05, 3.63) is 0 Å². The average molecular weight is 292 g/mol. The fourth-order valence-corrected chi connectivity index (χ4v) is 2.80. The van der Waals surface area contributed by atoms with Gasteiger partial charge in [0, 0.05) is 19.3 Å². The van der Waals surface area contributed by atoms with Gasteiger partial charge in [0.15, 0.2) is 0 Å². The third-order valence-electron chi connectivity index (χ3n) is 3.32. The Morgan fingerprint density at radius 3 is 2.58 bits per heavy atom. The molecular weight excluding hydrogens is 272 g/mol. The van der Waals surface area contributed by atoms with E-state index in [0.29, 0.717) is 25.8 Å². The van der Waals surface area contributed by atoms with Gasteiger partial charge in [0.05, 0.1) is 5.75 Å². The number of carbonyl (C=O) groups is 2. The summed E-state index contributed by atoms with van der Waals surface area (Å²) in [5.41, 5.74) is -1.17. The topological polar surface area (TPSA) is 104 Å². The van der Waals surface area contributed by atoms with Crippen molar-refractivity contribution in [2.24, 2.45) is 0 Å². The van der Waals surface area contributed by atoms with Gasteiger partial charge < -0.3 is 15.3 Å². The molecular formula is C11H20N2O5S. The van der Waals surface area contributed by atoms with E-state index in [1.807, 2.05) is 0 Å². The van der Waals surface area contributed by atoms with Crippen molar-refractivity contribution in [3.8, 4) is 0 Å². The number of hydrogen-bond acceptors (Lipinski definition) is 4. The molecule has 8 heteroatoms. The molecule has 2 N–H and O–H groups in total. The van der Waals surface area contributed by atoms with Gasteiger partial charge in [-0.15, -0.1) is 0 Å². The Morgan fingerprint density at radius 2 is 2.05 bits per heavy atom. The average Bonchev–Trinajstić information content (AvgIpc) is 2.66. The van der Waals surface area contributed by atoms with Crippen molar-refractivity contribution in [3.63, 3.8) is 0 Å². The highest BCUT2D eigenvalue weighted by Crippen LogP contribution is 2.29. The van der Waals surface area contributed by atoms with Gasteiger partial charge in [-0.3, -0.25) is 0 Å². The van der Waals surface area contributed by atoms with E-state index in [2.05, 4.69) is 5.32 Å². The first kappa shape index (κ1) is 15.7. The van der Waals surface area contributed by atoms with Crippen LogP contribution in [-0.4, -0.2) is 61.1 Å². The molecule has 110 valence electrons. The predicted octanol–water partition coefficient (Wildman–Crippen LogP) is 0.0698. The lowest BCUT2D eigenvalue weighted by molar-refractivity contribution is -0.147. The van der Waals surface area contributed by atoms with E-state index in [1.165, 1.54) is 11.8 Å². The van der Waals surface area contributed by atoms with Crippen molar-refractivity contribution >= 4 is 21.8 Å². The summed E-state index contributed by atoms with van der Waals surface area (Å²) in [5.74, 6) is -1.01. The molecule has 0 aromatic heterocycles. The van der Waals surface area contributed by atoms with Gasteiger partial charge in [0.1, 0.15) is 15.4 Å². The Morgan fingerprint density at radius 1 is 1.42 bits per heavy atom. The summed E-state index contributed by atoms with van der Waals surface area (Å²) in [4.78, 5) is 24.4. The first-order valence-electron chi connectivity index (χ1n) is 6.13. The van der Waals surface area contributed by atoms with Crippen LogP contribution in [0.4, 0.5) is 4.79 Å². The number of aliphatic carboxylic acids is 1. The number of nitrogens with zero attached hydrogens (tertiary/aromatic N) is 1. The first-order valence-corrected chi connectivity index (χ1v) is 8.19. The van der Waals surface area contributed by atoms with Gasteiger partial charge in [0.25, 0.3) is 0 Å². The second-order valence-corrected chi connectivity index (χ2v) is 7.31. The van der Waals surface area contributed by atoms with E-state index in [-0.39, 0.29) is 12.3 Å². The van der Waals surface area contributed by atoms with Crippen LogP contribution in [0.25, 0.3) is 0 Å². The Kier molecular flexibility index (Phi) is 4.78. The fourth-order valence-electron chi connectivity index (χ4n) is 2.14. The molecule has 7 nitrogen and oxygen atoms in total. The maximum absolute atomic E-state index is 11.9. The predicted molar refractivity (Wildman–Crippen MR) is 69.7 cm³/mol. The van der Waals surface area contributed by atoms with E-state index in [1.54, 1.807) is 0 Å². The molecule has 1 aliphatic rings. The molecule has 1 saturated heterocycles. The summed E-state index contributed by atoms with van der Waals surface area (Å²) >= 11 is 0. The van der Waals surface area contributed by atoms with Crippen LogP contribution in [0, 0.1) is 0 Å². The maximum Gasteiger partial charge on any atom is 0.329 e. The minimum Gasteiger partial charge on any atom is -0.480 e. The zero-order valence-corrected chi connectivity index (χ0v) is 12.0. The van der Waals surface area contributed by atoms with E-state index in [4.69, 9.17) is 5.11 Å². The van der Waals surface area contributed by atoms with Crippen LogP contribution in [0.1, 0.15) is 26.2 Å². The van der Waals surface area contributed by atoms with Crippen LogP contribution in [-0.2, 0) is 14.6 Å². The number of amides is 2. The molecule has 0 radical (unpaired) electrons. The highest BCUT2D eigenvalue weighted by molar-refractivity contribution is 7.90. The summed E-state index contributed by atoms with van der Waals surface area (Å²) in [5, 5.41) is 11.7. The molecule has 0 spiro atoms. The van der Waals surface area contributed by atoms with Gasteiger partial charge in [-0.05, 0) is 26.2 Å². The normalized spacial score (nSPS) is 23.4. The molecule has 0 saturated carbocycles. The largest absolute Gasteiger partial charge is 0.480 e. The maximum atomic E-state index is 11.9. The third-order valence-corrected chi connectivity index (χ3v) is 4.35. The molecule has 1 rings (SSSR count). The van der Waals surface area contributed by atoms with Crippen molar-refractivity contribution in [1.29, 1.82) is 0 Å². The first-order chi connectivity index (χ1) is 8.67. The van der Waals surface area contributed by atoms with Gasteiger partial charge in [-0.2, -0.15) is 0 Å². The number of urea groups is 1. The quantitative estimate of drug-likeness (QED) is 0.698. The van der Waals surface area contributed by atoms with Crippen LogP contribution in [0.3, 0.4) is 0 Å². The number of likely N-dealkylation sites (tertiary alicyclic amines) is 1. The van der Waals surface area contributed by atoms with Gasteiger partial charge in [-0.1, -0.05) is 0 Å². The minimum atomic E-state index is -3.04. The third kappa shape index (κ3) is 4.09. The zero-order chi connectivity index (χ0) is 14.7. The Balaban J connectivity index is 2.48. The van der Waals surface area contributed by atoms with E-state index < -0.39 is 27.4 Å². The van der Waals surface area contributed by atoms with E-state index >= 15 is 0 Å². The molecule has 1 fully saturated rings. The highest BCUT2D eigenvalue weighted by atomic mass is 32.2. The zero-order valence-electron chi connectivity index (χ0n) is 11.2. The summed E-state index contributed by atoms with van der Waals surface area (Å²) in [6.45, 7) is 2.15. The Hall–Kier alpha value is -1.31. The Labute approximate surface area is 112 Å². The van der Waals surface area contributed by atoms with Crippen LogP contribution >= 0.6 is 0 Å². The number of sulfone groups is 1. The monoisotopic (exact) mass is 292 g/mol. The summed E-state index contributed by atoms with van der Waals surface area (Å²) in [7, 11) is -3.04. The number of carbonyl (C=O) groups excluding carboxylic acids is 1. The van der Waals surface area contributed by atoms with Crippen molar-refractivity contribution < 1.29 is 23.1 Å². The second kappa shape index (κ2) is 5.77.